The van der Waals surface area contributed by atoms with Crippen LogP contribution in [0.4, 0.5) is 4.39 Å². The standard InChI is InChI=1S/C17H23FN4OS/c1-11(23-15-8-6-5-7-14(15)18)9-20-17(19-4)21-10-16-12(2)22-13(3)24-16/h5-8,11H,9-10H2,1-4H3,(H2,19,20,21). The summed E-state index contributed by atoms with van der Waals surface area (Å²) in [6.07, 6.45) is -0.201. The predicted molar refractivity (Wildman–Crippen MR) is 96.3 cm³/mol. The molecule has 130 valence electrons. The molecule has 0 aliphatic rings. The lowest BCUT2D eigenvalue weighted by atomic mass is 10.3. The number of nitrogens with one attached hydrogen (secondary N) is 2. The van der Waals surface area contributed by atoms with Crippen LogP contribution in [0.2, 0.25) is 0 Å². The Hall–Kier alpha value is -2.15. The van der Waals surface area contributed by atoms with Gasteiger partial charge in [-0.2, -0.15) is 0 Å². The zero-order chi connectivity index (χ0) is 17.5. The Kier molecular flexibility index (Phi) is 6.54. The van der Waals surface area contributed by atoms with Crippen LogP contribution in [0.3, 0.4) is 0 Å². The van der Waals surface area contributed by atoms with E-state index < -0.39 is 0 Å². The number of thiazole rings is 1. The quantitative estimate of drug-likeness (QED) is 0.621. The van der Waals surface area contributed by atoms with Crippen LogP contribution < -0.4 is 15.4 Å². The van der Waals surface area contributed by atoms with E-state index in [1.165, 1.54) is 10.9 Å². The molecule has 0 aliphatic heterocycles. The molecule has 5 nitrogen and oxygen atoms in total. The average molecular weight is 350 g/mol. The lowest BCUT2D eigenvalue weighted by Crippen LogP contribution is -2.41. The SMILES string of the molecule is CN=C(NCc1sc(C)nc1C)NCC(C)Oc1ccccc1F. The number of benzene rings is 1. The topological polar surface area (TPSA) is 58.5 Å². The van der Waals surface area contributed by atoms with Crippen LogP contribution in [0.15, 0.2) is 29.3 Å². The van der Waals surface area contributed by atoms with Crippen molar-refractivity contribution in [2.24, 2.45) is 4.99 Å². The van der Waals surface area contributed by atoms with Gasteiger partial charge < -0.3 is 15.4 Å². The molecule has 2 N–H and O–H groups in total. The lowest BCUT2D eigenvalue weighted by Gasteiger charge is -2.18. The minimum Gasteiger partial charge on any atom is -0.486 e. The smallest absolute Gasteiger partial charge is 0.191 e. The number of rotatable bonds is 6. The Balaban J connectivity index is 1.81. The molecule has 0 bridgehead atoms. The fraction of sp³-hybridized carbons (Fsp3) is 0.412. The van der Waals surface area contributed by atoms with Gasteiger partial charge in [-0.1, -0.05) is 12.1 Å². The summed E-state index contributed by atoms with van der Waals surface area (Å²) < 4.78 is 19.2. The first-order chi connectivity index (χ1) is 11.5. The van der Waals surface area contributed by atoms with Gasteiger partial charge in [-0.25, -0.2) is 9.37 Å². The minimum absolute atomic E-state index is 0.201. The fourth-order valence-electron chi connectivity index (χ4n) is 2.16. The molecule has 0 saturated carbocycles. The highest BCUT2D eigenvalue weighted by atomic mass is 32.1. The predicted octanol–water partition coefficient (Wildman–Crippen LogP) is 3.03. The fourth-order valence-corrected chi connectivity index (χ4v) is 3.04. The van der Waals surface area contributed by atoms with Gasteiger partial charge in [0.1, 0.15) is 6.10 Å². The molecule has 1 atom stereocenters. The molecule has 24 heavy (non-hydrogen) atoms. The highest BCUT2D eigenvalue weighted by Gasteiger charge is 2.10. The first-order valence-electron chi connectivity index (χ1n) is 7.78. The summed E-state index contributed by atoms with van der Waals surface area (Å²) in [5.41, 5.74) is 1.04. The van der Waals surface area contributed by atoms with Crippen LogP contribution in [0, 0.1) is 19.7 Å². The third kappa shape index (κ3) is 5.19. The summed E-state index contributed by atoms with van der Waals surface area (Å²) in [6, 6.07) is 6.39. The zero-order valence-corrected chi connectivity index (χ0v) is 15.2. The third-order valence-electron chi connectivity index (χ3n) is 3.36. The van der Waals surface area contributed by atoms with Crippen molar-refractivity contribution in [2.45, 2.75) is 33.4 Å². The summed E-state index contributed by atoms with van der Waals surface area (Å²) in [4.78, 5) is 9.78. The molecule has 1 unspecified atom stereocenters. The van der Waals surface area contributed by atoms with E-state index in [4.69, 9.17) is 4.74 Å². The number of hydrogen-bond donors (Lipinski definition) is 2. The second-order valence-corrected chi connectivity index (χ2v) is 6.69. The summed E-state index contributed by atoms with van der Waals surface area (Å²) in [7, 11) is 1.71. The molecule has 0 spiro atoms. The minimum atomic E-state index is -0.358. The van der Waals surface area contributed by atoms with Crippen LogP contribution in [-0.2, 0) is 6.54 Å². The van der Waals surface area contributed by atoms with Crippen molar-refractivity contribution in [1.29, 1.82) is 0 Å². The monoisotopic (exact) mass is 350 g/mol. The second-order valence-electron chi connectivity index (χ2n) is 5.41. The van der Waals surface area contributed by atoms with Crippen molar-refractivity contribution in [3.05, 3.63) is 45.7 Å². The first-order valence-corrected chi connectivity index (χ1v) is 8.60. The van der Waals surface area contributed by atoms with E-state index in [-0.39, 0.29) is 17.7 Å². The maximum absolute atomic E-state index is 13.6. The molecule has 0 saturated heterocycles. The summed E-state index contributed by atoms with van der Waals surface area (Å²) in [5, 5.41) is 7.49. The van der Waals surface area contributed by atoms with Crippen molar-refractivity contribution in [2.75, 3.05) is 13.6 Å². The van der Waals surface area contributed by atoms with Gasteiger partial charge in [0.2, 0.25) is 0 Å². The third-order valence-corrected chi connectivity index (χ3v) is 4.43. The lowest BCUT2D eigenvalue weighted by molar-refractivity contribution is 0.214. The van der Waals surface area contributed by atoms with E-state index in [9.17, 15) is 4.39 Å². The molecular formula is C17H23FN4OS. The number of aliphatic imine (C=N–C) groups is 1. The van der Waals surface area contributed by atoms with Crippen LogP contribution >= 0.6 is 11.3 Å². The van der Waals surface area contributed by atoms with Crippen molar-refractivity contribution in [1.82, 2.24) is 15.6 Å². The van der Waals surface area contributed by atoms with Gasteiger partial charge in [0, 0.05) is 11.9 Å². The summed E-state index contributed by atoms with van der Waals surface area (Å²) >= 11 is 1.67. The summed E-state index contributed by atoms with van der Waals surface area (Å²) in [6.45, 7) is 7.05. The Bertz CT molecular complexity index is 702. The second kappa shape index (κ2) is 8.63. The molecule has 1 heterocycles. The van der Waals surface area contributed by atoms with Crippen molar-refractivity contribution in [3.63, 3.8) is 0 Å². The number of halogens is 1. The Morgan fingerprint density at radius 1 is 1.33 bits per heavy atom. The van der Waals surface area contributed by atoms with E-state index in [2.05, 4.69) is 20.6 Å². The maximum Gasteiger partial charge on any atom is 0.191 e. The van der Waals surface area contributed by atoms with Gasteiger partial charge in [-0.15, -0.1) is 11.3 Å². The zero-order valence-electron chi connectivity index (χ0n) is 14.4. The molecule has 0 amide bonds. The number of ether oxygens (including phenoxy) is 1. The molecule has 2 aromatic rings. The molecule has 0 aliphatic carbocycles. The number of hydrogen-bond acceptors (Lipinski definition) is 4. The van der Waals surface area contributed by atoms with Crippen LogP contribution in [0.1, 0.15) is 22.5 Å². The van der Waals surface area contributed by atoms with E-state index in [1.807, 2.05) is 20.8 Å². The molecule has 2 rings (SSSR count). The molecule has 0 fully saturated rings. The highest BCUT2D eigenvalue weighted by molar-refractivity contribution is 7.11. The van der Waals surface area contributed by atoms with Crippen molar-refractivity contribution in [3.8, 4) is 5.75 Å². The van der Waals surface area contributed by atoms with E-state index >= 15 is 0 Å². The molecule has 1 aromatic carbocycles. The molecule has 0 radical (unpaired) electrons. The van der Waals surface area contributed by atoms with Gasteiger partial charge in [0.05, 0.1) is 23.8 Å². The van der Waals surface area contributed by atoms with Gasteiger partial charge in [0.25, 0.3) is 0 Å². The van der Waals surface area contributed by atoms with Crippen molar-refractivity contribution >= 4 is 17.3 Å². The van der Waals surface area contributed by atoms with Crippen LogP contribution in [0.5, 0.6) is 5.75 Å². The number of aromatic nitrogens is 1. The first kappa shape index (κ1) is 18.2. The maximum atomic E-state index is 13.6. The van der Waals surface area contributed by atoms with E-state index in [0.29, 0.717) is 19.0 Å². The van der Waals surface area contributed by atoms with Gasteiger partial charge in [-0.05, 0) is 32.9 Å². The molecule has 1 aromatic heterocycles. The molecule has 7 heteroatoms. The normalized spacial score (nSPS) is 12.8. The van der Waals surface area contributed by atoms with E-state index in [0.717, 1.165) is 10.7 Å². The Morgan fingerprint density at radius 3 is 2.71 bits per heavy atom. The van der Waals surface area contributed by atoms with Crippen molar-refractivity contribution < 1.29 is 9.13 Å². The van der Waals surface area contributed by atoms with Gasteiger partial charge >= 0.3 is 0 Å². The number of guanidine groups is 1. The number of nitrogens with zero attached hydrogens (tertiary/aromatic N) is 2. The summed E-state index contributed by atoms with van der Waals surface area (Å²) in [5.74, 6) is 0.567. The average Bonchev–Trinajstić information content (AvgIpc) is 2.87. The van der Waals surface area contributed by atoms with Gasteiger partial charge in [0.15, 0.2) is 17.5 Å². The van der Waals surface area contributed by atoms with Gasteiger partial charge in [-0.3, -0.25) is 4.99 Å². The van der Waals surface area contributed by atoms with E-state index in [1.54, 1.807) is 36.6 Å². The highest BCUT2D eigenvalue weighted by Crippen LogP contribution is 2.17. The largest absolute Gasteiger partial charge is 0.486 e. The number of aryl methyl sites for hydroxylation is 2. The Labute approximate surface area is 146 Å². The Morgan fingerprint density at radius 2 is 2.08 bits per heavy atom. The number of para-hydroxylation sites is 1. The van der Waals surface area contributed by atoms with Crippen LogP contribution in [0.25, 0.3) is 0 Å². The van der Waals surface area contributed by atoms with Crippen LogP contribution in [-0.4, -0.2) is 30.6 Å². The molecular weight excluding hydrogens is 327 g/mol.